The first kappa shape index (κ1) is 20.4. The number of nitrogens with zero attached hydrogens (tertiary/aromatic N) is 2. The van der Waals surface area contributed by atoms with E-state index < -0.39 is 0 Å². The van der Waals surface area contributed by atoms with Crippen LogP contribution < -0.4 is 15.4 Å². The second-order valence-electron chi connectivity index (χ2n) is 8.57. The summed E-state index contributed by atoms with van der Waals surface area (Å²) in [6.45, 7) is 6.13. The van der Waals surface area contributed by atoms with Crippen LogP contribution in [0.4, 0.5) is 0 Å². The van der Waals surface area contributed by atoms with Gasteiger partial charge in [0, 0.05) is 32.1 Å². The molecule has 1 atom stereocenters. The van der Waals surface area contributed by atoms with Crippen molar-refractivity contribution in [2.45, 2.75) is 52.6 Å². The first-order chi connectivity index (χ1) is 14.5. The summed E-state index contributed by atoms with van der Waals surface area (Å²) in [7, 11) is 0. The predicted molar refractivity (Wildman–Crippen MR) is 113 cm³/mol. The average molecular weight is 411 g/mol. The molecule has 0 saturated heterocycles. The third kappa shape index (κ3) is 5.01. The number of carbonyl (C=O) groups is 2. The van der Waals surface area contributed by atoms with E-state index >= 15 is 0 Å². The summed E-state index contributed by atoms with van der Waals surface area (Å²) in [5, 5.41) is 10.3. The third-order valence-electron chi connectivity index (χ3n) is 5.90. The minimum Gasteiger partial charge on any atom is -0.493 e. The van der Waals surface area contributed by atoms with Crippen molar-refractivity contribution < 1.29 is 14.3 Å². The predicted octanol–water partition coefficient (Wildman–Crippen LogP) is 2.61. The first-order valence-electron chi connectivity index (χ1n) is 10.8. The van der Waals surface area contributed by atoms with Crippen molar-refractivity contribution >= 4 is 11.8 Å². The Morgan fingerprint density at radius 3 is 2.80 bits per heavy atom. The molecule has 30 heavy (non-hydrogen) atoms. The number of rotatable bonds is 8. The second-order valence-corrected chi connectivity index (χ2v) is 8.57. The number of aromatic nitrogens is 2. The molecule has 1 fully saturated rings. The molecular formula is C23H30N4O3. The molecule has 2 heterocycles. The van der Waals surface area contributed by atoms with Gasteiger partial charge in [0.15, 0.2) is 0 Å². The Morgan fingerprint density at radius 2 is 2.03 bits per heavy atom. The Hall–Kier alpha value is -2.83. The molecule has 0 radical (unpaired) electrons. The van der Waals surface area contributed by atoms with Gasteiger partial charge >= 0.3 is 0 Å². The number of nitrogens with one attached hydrogen (secondary N) is 2. The van der Waals surface area contributed by atoms with Crippen molar-refractivity contribution in [2.24, 2.45) is 11.8 Å². The molecule has 2 N–H and O–H groups in total. The van der Waals surface area contributed by atoms with E-state index in [2.05, 4.69) is 15.7 Å². The van der Waals surface area contributed by atoms with Crippen LogP contribution in [0.25, 0.3) is 0 Å². The quantitative estimate of drug-likeness (QED) is 0.701. The van der Waals surface area contributed by atoms with Crippen molar-refractivity contribution in [2.75, 3.05) is 13.2 Å². The van der Waals surface area contributed by atoms with Gasteiger partial charge in [0.25, 0.3) is 5.91 Å². The zero-order valence-corrected chi connectivity index (χ0v) is 17.7. The molecule has 1 aromatic carbocycles. The lowest BCUT2D eigenvalue weighted by Crippen LogP contribution is -2.33. The topological polar surface area (TPSA) is 85.2 Å². The maximum Gasteiger partial charge on any atom is 0.255 e. The number of carbonyl (C=O) groups excluding carboxylic acids is 2. The fourth-order valence-corrected chi connectivity index (χ4v) is 3.86. The zero-order valence-electron chi connectivity index (χ0n) is 17.7. The van der Waals surface area contributed by atoms with Crippen molar-refractivity contribution in [3.05, 3.63) is 46.8 Å². The van der Waals surface area contributed by atoms with Crippen LogP contribution >= 0.6 is 0 Å². The molecule has 2 amide bonds. The van der Waals surface area contributed by atoms with Crippen molar-refractivity contribution in [3.8, 4) is 5.75 Å². The van der Waals surface area contributed by atoms with E-state index in [1.54, 1.807) is 6.20 Å². The molecule has 0 unspecified atom stereocenters. The molecular weight excluding hydrogens is 380 g/mol. The van der Waals surface area contributed by atoms with Crippen molar-refractivity contribution in [1.82, 2.24) is 20.4 Å². The molecule has 1 aromatic heterocycles. The summed E-state index contributed by atoms with van der Waals surface area (Å²) in [4.78, 5) is 24.1. The summed E-state index contributed by atoms with van der Waals surface area (Å²) in [6.07, 6.45) is 5.83. The Kier molecular flexibility index (Phi) is 6.06. The highest BCUT2D eigenvalue weighted by Gasteiger charge is 2.26. The van der Waals surface area contributed by atoms with Crippen LogP contribution in [0.1, 0.15) is 53.4 Å². The maximum absolute atomic E-state index is 12.9. The van der Waals surface area contributed by atoms with E-state index in [1.807, 2.05) is 29.8 Å². The Morgan fingerprint density at radius 1 is 1.20 bits per heavy atom. The minimum atomic E-state index is -0.120. The minimum absolute atomic E-state index is 0.0233. The molecule has 7 nitrogen and oxygen atoms in total. The molecule has 1 saturated carbocycles. The number of ether oxygens (including phenoxy) is 1. The summed E-state index contributed by atoms with van der Waals surface area (Å²) in [5.41, 5.74) is 3.70. The van der Waals surface area contributed by atoms with Gasteiger partial charge in [-0.1, -0.05) is 12.1 Å². The highest BCUT2D eigenvalue weighted by Crippen LogP contribution is 2.31. The molecule has 160 valence electrons. The van der Waals surface area contributed by atoms with Gasteiger partial charge in [-0.25, -0.2) is 0 Å². The normalized spacial score (nSPS) is 17.9. The molecule has 0 spiro atoms. The van der Waals surface area contributed by atoms with Gasteiger partial charge in [0.1, 0.15) is 5.75 Å². The van der Waals surface area contributed by atoms with Gasteiger partial charge in [-0.2, -0.15) is 5.10 Å². The van der Waals surface area contributed by atoms with Crippen LogP contribution in [0, 0.1) is 18.8 Å². The average Bonchev–Trinajstić information content (AvgIpc) is 3.46. The summed E-state index contributed by atoms with van der Waals surface area (Å²) >= 11 is 0. The van der Waals surface area contributed by atoms with Crippen molar-refractivity contribution in [3.63, 3.8) is 0 Å². The smallest absolute Gasteiger partial charge is 0.255 e. The number of aryl methyl sites for hydroxylation is 2. The Labute approximate surface area is 177 Å². The van der Waals surface area contributed by atoms with Gasteiger partial charge < -0.3 is 15.4 Å². The van der Waals surface area contributed by atoms with E-state index in [-0.39, 0.29) is 11.8 Å². The van der Waals surface area contributed by atoms with E-state index in [1.165, 1.54) is 19.8 Å². The third-order valence-corrected chi connectivity index (χ3v) is 5.90. The van der Waals surface area contributed by atoms with Crippen LogP contribution in [0.3, 0.4) is 0 Å². The van der Waals surface area contributed by atoms with Gasteiger partial charge in [0.2, 0.25) is 5.91 Å². The zero-order chi connectivity index (χ0) is 21.1. The molecule has 2 aromatic rings. The highest BCUT2D eigenvalue weighted by atomic mass is 16.5. The lowest BCUT2D eigenvalue weighted by Gasteiger charge is -2.24. The fraction of sp³-hybridized carbons (Fsp3) is 0.522. The van der Waals surface area contributed by atoms with E-state index in [9.17, 15) is 9.59 Å². The number of amides is 2. The van der Waals surface area contributed by atoms with Crippen molar-refractivity contribution in [1.29, 1.82) is 0 Å². The van der Waals surface area contributed by atoms with Crippen LogP contribution in [0.5, 0.6) is 5.75 Å². The molecule has 4 rings (SSSR count). The number of hydrogen-bond acceptors (Lipinski definition) is 4. The molecule has 2 aliphatic rings. The molecule has 7 heteroatoms. The first-order valence-corrected chi connectivity index (χ1v) is 10.8. The number of hydrogen-bond donors (Lipinski definition) is 2. The fourth-order valence-electron chi connectivity index (χ4n) is 3.86. The maximum atomic E-state index is 12.9. The number of fused-ring (bicyclic) bond motifs is 1. The highest BCUT2D eigenvalue weighted by molar-refractivity contribution is 5.95. The van der Waals surface area contributed by atoms with Gasteiger partial charge in [0.05, 0.1) is 24.1 Å². The van der Waals surface area contributed by atoms with Crippen LogP contribution in [-0.2, 0) is 24.3 Å². The Balaban J connectivity index is 1.39. The van der Waals surface area contributed by atoms with Gasteiger partial charge in [-0.05, 0) is 56.1 Å². The number of benzene rings is 1. The Bertz CT molecular complexity index is 933. The van der Waals surface area contributed by atoms with Crippen LogP contribution in [-0.4, -0.2) is 34.7 Å². The largest absolute Gasteiger partial charge is 0.493 e. The molecule has 1 aliphatic carbocycles. The second kappa shape index (κ2) is 8.90. The lowest BCUT2D eigenvalue weighted by atomic mass is 9.94. The van der Waals surface area contributed by atoms with Crippen LogP contribution in [0.2, 0.25) is 0 Å². The summed E-state index contributed by atoms with van der Waals surface area (Å²) in [6, 6.07) is 6.10. The monoisotopic (exact) mass is 410 g/mol. The SMILES string of the molecule is CC(=O)NC[C@@H]1CCn2ncc(C(=O)NCc3ccc(C)cc3OCC3CC3)c2C1. The summed E-state index contributed by atoms with van der Waals surface area (Å²) < 4.78 is 7.93. The van der Waals surface area contributed by atoms with Gasteiger partial charge in [-0.3, -0.25) is 14.3 Å². The lowest BCUT2D eigenvalue weighted by molar-refractivity contribution is -0.119. The van der Waals surface area contributed by atoms with E-state index in [0.29, 0.717) is 30.5 Å². The van der Waals surface area contributed by atoms with E-state index in [4.69, 9.17) is 4.74 Å². The standard InChI is InChI=1S/C23H30N4O3/c1-15-3-6-19(22(9-15)30-14-17-4-5-17)12-25-23(29)20-13-26-27-8-7-18(10-21(20)27)11-24-16(2)28/h3,6,9,13,17-18H,4-5,7-8,10-12,14H2,1-2H3,(H,24,28)(H,25,29)/t18-/m1/s1. The van der Waals surface area contributed by atoms with E-state index in [0.717, 1.165) is 48.6 Å². The van der Waals surface area contributed by atoms with Crippen LogP contribution in [0.15, 0.2) is 24.4 Å². The summed E-state index contributed by atoms with van der Waals surface area (Å²) in [5.74, 6) is 1.71. The molecule has 0 bridgehead atoms. The van der Waals surface area contributed by atoms with Gasteiger partial charge in [-0.15, -0.1) is 0 Å². The molecule has 1 aliphatic heterocycles.